The maximum absolute atomic E-state index is 13.5. The molecular weight excluding hydrogens is 519 g/mol. The minimum absolute atomic E-state index is 0.178. The Morgan fingerprint density at radius 3 is 2.62 bits per heavy atom. The number of para-hydroxylation sites is 1. The molecule has 10 heteroatoms. The smallest absolute Gasteiger partial charge is 0.330 e. The van der Waals surface area contributed by atoms with E-state index in [0.717, 1.165) is 5.56 Å². The predicted molar refractivity (Wildman–Crippen MR) is 138 cm³/mol. The molecule has 2 fully saturated rings. The summed E-state index contributed by atoms with van der Waals surface area (Å²) in [7, 11) is 0. The molecule has 0 saturated carbocycles. The largest absolute Gasteiger partial charge is 0.455 e. The summed E-state index contributed by atoms with van der Waals surface area (Å²) in [5.41, 5.74) is 1.07. The zero-order valence-electron chi connectivity index (χ0n) is 19.5. The van der Waals surface area contributed by atoms with Gasteiger partial charge in [-0.3, -0.25) is 9.59 Å². The molecule has 2 heterocycles. The van der Waals surface area contributed by atoms with Crippen molar-refractivity contribution in [2.75, 3.05) is 17.7 Å². The highest BCUT2D eigenvalue weighted by molar-refractivity contribution is 8.00. The van der Waals surface area contributed by atoms with Crippen LogP contribution >= 0.6 is 23.4 Å². The zero-order chi connectivity index (χ0) is 26.0. The monoisotopic (exact) mass is 540 g/mol. The number of hydrogen-bond acceptors (Lipinski definition) is 6. The van der Waals surface area contributed by atoms with Crippen molar-refractivity contribution < 1.29 is 28.2 Å². The van der Waals surface area contributed by atoms with Crippen LogP contribution in [-0.4, -0.2) is 41.1 Å². The van der Waals surface area contributed by atoms with Crippen molar-refractivity contribution in [1.29, 1.82) is 0 Å². The van der Waals surface area contributed by atoms with Crippen molar-refractivity contribution in [3.63, 3.8) is 0 Å². The van der Waals surface area contributed by atoms with Gasteiger partial charge in [-0.2, -0.15) is 0 Å². The molecule has 0 aromatic heterocycles. The van der Waals surface area contributed by atoms with E-state index >= 15 is 0 Å². The normalized spacial score (nSPS) is 20.4. The number of thioether (sulfide) groups is 1. The lowest BCUT2D eigenvalue weighted by Crippen LogP contribution is -2.47. The highest BCUT2D eigenvalue weighted by atomic mass is 35.5. The quantitative estimate of drug-likeness (QED) is 0.407. The number of carbonyl (C=O) groups excluding carboxylic acids is 3. The van der Waals surface area contributed by atoms with Gasteiger partial charge in [-0.25, -0.2) is 9.18 Å². The van der Waals surface area contributed by atoms with Crippen molar-refractivity contribution in [3.05, 3.63) is 89.2 Å². The van der Waals surface area contributed by atoms with E-state index in [2.05, 4.69) is 5.32 Å². The first kappa shape index (κ1) is 25.1. The second-order valence-corrected chi connectivity index (χ2v) is 10.3. The SMILES string of the molecule is O=C(COC(=O)C1CSC2(c3ccc(F)cc3)CCC(=O)N12)Nc1cc(Cl)ccc1Oc1ccccc1. The molecule has 7 nitrogen and oxygen atoms in total. The number of rotatable bonds is 7. The fourth-order valence-electron chi connectivity index (χ4n) is 4.55. The van der Waals surface area contributed by atoms with E-state index < -0.39 is 29.4 Å². The standard InChI is InChI=1S/C27H22ClFN2O5S/c28-18-8-11-23(36-20-4-2-1-3-5-20)21(14-18)30-24(32)15-35-26(34)22-16-37-27(13-12-25(33)31(22)27)17-6-9-19(29)10-7-17/h1-11,14,22H,12-13,15-16H2,(H,30,32). The molecule has 2 saturated heterocycles. The van der Waals surface area contributed by atoms with Crippen LogP contribution in [0.15, 0.2) is 72.8 Å². The Balaban J connectivity index is 1.24. The van der Waals surface area contributed by atoms with Gasteiger partial charge in [0.05, 0.1) is 5.69 Å². The Hall–Kier alpha value is -3.56. The van der Waals surface area contributed by atoms with Gasteiger partial charge in [0, 0.05) is 17.2 Å². The van der Waals surface area contributed by atoms with Crippen molar-refractivity contribution in [1.82, 2.24) is 4.90 Å². The second-order valence-electron chi connectivity index (χ2n) is 8.59. The third-order valence-corrected chi connectivity index (χ3v) is 8.06. The first-order valence-electron chi connectivity index (χ1n) is 11.6. The maximum atomic E-state index is 13.5. The predicted octanol–water partition coefficient (Wildman–Crippen LogP) is 5.34. The van der Waals surface area contributed by atoms with E-state index in [0.29, 0.717) is 34.4 Å². The van der Waals surface area contributed by atoms with Gasteiger partial charge in [0.15, 0.2) is 12.4 Å². The van der Waals surface area contributed by atoms with Crippen molar-refractivity contribution in [2.45, 2.75) is 23.8 Å². The highest BCUT2D eigenvalue weighted by Crippen LogP contribution is 2.54. The third kappa shape index (κ3) is 5.14. The lowest BCUT2D eigenvalue weighted by Gasteiger charge is -2.33. The third-order valence-electron chi connectivity index (χ3n) is 6.23. The lowest BCUT2D eigenvalue weighted by atomic mass is 10.0. The number of nitrogens with zero attached hydrogens (tertiary/aromatic N) is 1. The molecule has 2 unspecified atom stereocenters. The Labute approximate surface area is 221 Å². The molecule has 3 aromatic carbocycles. The van der Waals surface area contributed by atoms with E-state index in [1.165, 1.54) is 34.9 Å². The van der Waals surface area contributed by atoms with E-state index in [1.54, 1.807) is 36.4 Å². The summed E-state index contributed by atoms with van der Waals surface area (Å²) in [6.07, 6.45) is 0.777. The molecule has 0 aliphatic carbocycles. The number of halogens is 2. The van der Waals surface area contributed by atoms with E-state index in [-0.39, 0.29) is 18.1 Å². The molecule has 2 atom stereocenters. The van der Waals surface area contributed by atoms with Crippen molar-refractivity contribution >= 4 is 46.8 Å². The number of nitrogens with one attached hydrogen (secondary N) is 1. The minimum atomic E-state index is -0.846. The van der Waals surface area contributed by atoms with Gasteiger partial charge in [0.2, 0.25) is 5.91 Å². The molecule has 0 bridgehead atoms. The number of anilines is 1. The van der Waals surface area contributed by atoms with Gasteiger partial charge in [-0.1, -0.05) is 41.9 Å². The topological polar surface area (TPSA) is 84.9 Å². The number of carbonyl (C=O) groups is 3. The molecule has 2 aliphatic heterocycles. The molecule has 0 spiro atoms. The first-order chi connectivity index (χ1) is 17.9. The van der Waals surface area contributed by atoms with Crippen LogP contribution in [0.3, 0.4) is 0 Å². The van der Waals surface area contributed by atoms with E-state index in [4.69, 9.17) is 21.1 Å². The molecule has 37 heavy (non-hydrogen) atoms. The average Bonchev–Trinajstić information content (AvgIpc) is 3.44. The minimum Gasteiger partial charge on any atom is -0.455 e. The molecule has 3 aromatic rings. The Kier molecular flexibility index (Phi) is 7.08. The Bertz CT molecular complexity index is 1340. The summed E-state index contributed by atoms with van der Waals surface area (Å²) in [5.74, 6) is -0.558. The number of amides is 2. The van der Waals surface area contributed by atoms with Crippen LogP contribution in [0.25, 0.3) is 0 Å². The fraction of sp³-hybridized carbons (Fsp3) is 0.222. The van der Waals surface area contributed by atoms with Gasteiger partial charge < -0.3 is 19.7 Å². The van der Waals surface area contributed by atoms with Crippen LogP contribution in [0.5, 0.6) is 11.5 Å². The Morgan fingerprint density at radius 2 is 1.86 bits per heavy atom. The van der Waals surface area contributed by atoms with E-state index in [9.17, 15) is 18.8 Å². The van der Waals surface area contributed by atoms with Crippen LogP contribution in [0.4, 0.5) is 10.1 Å². The molecule has 5 rings (SSSR count). The number of ether oxygens (including phenoxy) is 2. The lowest BCUT2D eigenvalue weighted by molar-refractivity contribution is -0.155. The highest BCUT2D eigenvalue weighted by Gasteiger charge is 2.57. The van der Waals surface area contributed by atoms with E-state index in [1.807, 2.05) is 18.2 Å². The van der Waals surface area contributed by atoms with Gasteiger partial charge in [-0.05, 0) is 54.4 Å². The van der Waals surface area contributed by atoms with Crippen molar-refractivity contribution in [2.24, 2.45) is 0 Å². The number of benzene rings is 3. The van der Waals surface area contributed by atoms with Crippen molar-refractivity contribution in [3.8, 4) is 11.5 Å². The summed E-state index contributed by atoms with van der Waals surface area (Å²) in [5, 5.41) is 3.05. The summed E-state index contributed by atoms with van der Waals surface area (Å²) in [4.78, 5) is 39.1. The number of hydrogen-bond donors (Lipinski definition) is 1. The Morgan fingerprint density at radius 1 is 1.11 bits per heavy atom. The number of fused-ring (bicyclic) bond motifs is 1. The average molecular weight is 541 g/mol. The molecule has 2 aliphatic rings. The molecule has 1 N–H and O–H groups in total. The molecule has 190 valence electrons. The summed E-state index contributed by atoms with van der Waals surface area (Å²) in [6, 6.07) is 18.9. The van der Waals surface area contributed by atoms with Gasteiger partial charge in [-0.15, -0.1) is 11.8 Å². The van der Waals surface area contributed by atoms with Crippen LogP contribution in [0.1, 0.15) is 18.4 Å². The van der Waals surface area contributed by atoms with Crippen LogP contribution in [0.2, 0.25) is 5.02 Å². The van der Waals surface area contributed by atoms with Crippen LogP contribution in [0, 0.1) is 5.82 Å². The maximum Gasteiger partial charge on any atom is 0.330 e. The molecular formula is C27H22ClFN2O5S. The number of esters is 1. The molecule has 2 amide bonds. The summed E-state index contributed by atoms with van der Waals surface area (Å²) in [6.45, 7) is -0.553. The zero-order valence-corrected chi connectivity index (χ0v) is 21.1. The van der Waals surface area contributed by atoms with Gasteiger partial charge in [0.25, 0.3) is 5.91 Å². The second kappa shape index (κ2) is 10.4. The molecule has 0 radical (unpaired) electrons. The summed E-state index contributed by atoms with van der Waals surface area (Å²) < 4.78 is 24.6. The fourth-order valence-corrected chi connectivity index (χ4v) is 6.36. The van der Waals surface area contributed by atoms with Crippen LogP contribution < -0.4 is 10.1 Å². The first-order valence-corrected chi connectivity index (χ1v) is 12.9. The van der Waals surface area contributed by atoms with Gasteiger partial charge >= 0.3 is 5.97 Å². The van der Waals surface area contributed by atoms with Gasteiger partial charge in [0.1, 0.15) is 22.5 Å². The summed E-state index contributed by atoms with van der Waals surface area (Å²) >= 11 is 7.55. The van der Waals surface area contributed by atoms with Crippen LogP contribution in [-0.2, 0) is 24.0 Å².